The molecule has 1 saturated heterocycles. The van der Waals surface area contributed by atoms with Crippen LogP contribution in [0.25, 0.3) is 10.9 Å². The van der Waals surface area contributed by atoms with Crippen molar-refractivity contribution in [2.24, 2.45) is 7.05 Å². The summed E-state index contributed by atoms with van der Waals surface area (Å²) in [5.41, 5.74) is -0.336. The van der Waals surface area contributed by atoms with E-state index in [4.69, 9.17) is 14.5 Å². The van der Waals surface area contributed by atoms with E-state index in [-0.39, 0.29) is 6.54 Å². The Morgan fingerprint density at radius 1 is 1.08 bits per heavy atom. The van der Waals surface area contributed by atoms with Crippen LogP contribution in [-0.4, -0.2) is 68.7 Å². The second-order valence-electron chi connectivity index (χ2n) is 7.90. The predicted octanol–water partition coefficient (Wildman–Crippen LogP) is -1.21. The zero-order valence-corrected chi connectivity index (χ0v) is 20.3. The number of nitrogens with zero attached hydrogens (tertiary/aromatic N) is 4. The van der Waals surface area contributed by atoms with Crippen molar-refractivity contribution in [3.05, 3.63) is 63.1 Å². The number of aliphatic hydroxyl groups excluding tert-OH is 2. The number of phosphoric acid groups is 2. The molecule has 1 aliphatic heterocycles. The van der Waals surface area contributed by atoms with Gasteiger partial charge in [-0.3, -0.25) is 23.1 Å². The number of hydrogen-bond acceptors (Lipinski definition) is 10. The van der Waals surface area contributed by atoms with Crippen LogP contribution >= 0.6 is 15.6 Å². The van der Waals surface area contributed by atoms with Gasteiger partial charge < -0.3 is 29.6 Å². The molecule has 2 aromatic heterocycles. The molecule has 1 fully saturated rings. The van der Waals surface area contributed by atoms with Crippen LogP contribution in [0.2, 0.25) is 0 Å². The van der Waals surface area contributed by atoms with E-state index in [1.807, 2.05) is 12.1 Å². The number of benzene rings is 1. The van der Waals surface area contributed by atoms with Gasteiger partial charge in [0, 0.05) is 24.7 Å². The third kappa shape index (κ3) is 5.43. The van der Waals surface area contributed by atoms with E-state index in [1.54, 1.807) is 23.9 Å². The van der Waals surface area contributed by atoms with Crippen LogP contribution in [0, 0.1) is 0 Å². The number of ether oxygens (including phenoxy) is 1. The van der Waals surface area contributed by atoms with Crippen LogP contribution in [0.4, 0.5) is 0 Å². The summed E-state index contributed by atoms with van der Waals surface area (Å²) in [5.74, 6) is 0. The zero-order chi connectivity index (χ0) is 26.4. The molecule has 18 heteroatoms. The highest BCUT2D eigenvalue weighted by atomic mass is 31.3. The Morgan fingerprint density at radius 3 is 2.47 bits per heavy atom. The molecule has 5 atom stereocenters. The largest absolute Gasteiger partial charge is 0.481 e. The number of rotatable bonds is 8. The van der Waals surface area contributed by atoms with Crippen molar-refractivity contribution in [2.75, 3.05) is 6.61 Å². The summed E-state index contributed by atoms with van der Waals surface area (Å²) in [6.07, 6.45) is -5.46. The molecule has 0 spiro atoms. The molecule has 3 aromatic rings. The van der Waals surface area contributed by atoms with Crippen molar-refractivity contribution in [3.8, 4) is 0 Å². The Balaban J connectivity index is 1.58. The average molecular weight is 548 g/mol. The Morgan fingerprint density at radius 2 is 1.78 bits per heavy atom. The number of phosphoric ester groups is 1. The van der Waals surface area contributed by atoms with E-state index in [9.17, 15) is 33.8 Å². The normalized spacial score (nSPS) is 24.3. The Kier molecular flexibility index (Phi) is 7.20. The molecule has 5 N–H and O–H groups in total. The first kappa shape index (κ1) is 26.6. The summed E-state index contributed by atoms with van der Waals surface area (Å²) in [4.78, 5) is 52.4. The maximum absolute atomic E-state index is 13.2. The molecule has 1 aliphatic rings. The van der Waals surface area contributed by atoms with E-state index < -0.39 is 58.0 Å². The minimum atomic E-state index is -5.37. The minimum absolute atomic E-state index is 0.203. The Hall–Kier alpha value is -2.49. The first-order valence-electron chi connectivity index (χ1n) is 10.3. The van der Waals surface area contributed by atoms with Gasteiger partial charge in [0.15, 0.2) is 6.23 Å². The van der Waals surface area contributed by atoms with Crippen LogP contribution in [0.15, 0.2) is 46.1 Å². The number of para-hydroxylation sites is 1. The smallest absolute Gasteiger partial charge is 0.387 e. The van der Waals surface area contributed by atoms with Crippen LogP contribution in [0.5, 0.6) is 0 Å². The molecule has 4 rings (SSSR count). The molecule has 0 saturated carbocycles. The lowest BCUT2D eigenvalue weighted by Gasteiger charge is -2.19. The highest BCUT2D eigenvalue weighted by Crippen LogP contribution is 2.57. The number of aryl methyl sites for hydroxylation is 1. The summed E-state index contributed by atoms with van der Waals surface area (Å²) in [6, 6.07) is 8.25. The first-order valence-corrected chi connectivity index (χ1v) is 13.3. The summed E-state index contributed by atoms with van der Waals surface area (Å²) >= 11 is 0. The van der Waals surface area contributed by atoms with Gasteiger partial charge in [-0.25, -0.2) is 13.9 Å². The molecule has 196 valence electrons. The molecule has 1 unspecified atom stereocenters. The fourth-order valence-electron chi connectivity index (χ4n) is 3.85. The fraction of sp³-hybridized carbons (Fsp3) is 0.389. The van der Waals surface area contributed by atoms with Gasteiger partial charge >= 0.3 is 21.3 Å². The van der Waals surface area contributed by atoms with Gasteiger partial charge in [-0.1, -0.05) is 18.2 Å². The molecule has 0 amide bonds. The average Bonchev–Trinajstić information content (AvgIpc) is 3.25. The topological polar surface area (TPSA) is 225 Å². The monoisotopic (exact) mass is 548 g/mol. The van der Waals surface area contributed by atoms with Crippen LogP contribution in [0.1, 0.15) is 11.9 Å². The SMILES string of the molecule is Cn1nc(Cn2c(=O)ccn([C@@H]3O[C@H](COP(=O)(O)OP(=O)(O)O)[C@@H](O)[C@H]3O)c2=O)c2ccccc21. The molecule has 16 nitrogen and oxygen atoms in total. The van der Waals surface area contributed by atoms with Crippen LogP contribution < -0.4 is 11.2 Å². The van der Waals surface area contributed by atoms with E-state index in [0.717, 1.165) is 32.3 Å². The van der Waals surface area contributed by atoms with Crippen molar-refractivity contribution in [1.29, 1.82) is 0 Å². The standard InChI is InChI=1S/C18H22N4O12P2/c1-20-12-5-3-2-4-10(12)11(19-20)8-22-14(23)6-7-21(18(22)26)17-16(25)15(24)13(33-17)9-32-36(30,31)34-35(27,28)29/h2-7,13,15-17,24-25H,8-9H2,1H3,(H,30,31)(H2,27,28,29)/t13-,15-,16-,17-/m1/s1. The van der Waals surface area contributed by atoms with Gasteiger partial charge in [0.25, 0.3) is 5.56 Å². The molecular weight excluding hydrogens is 526 g/mol. The van der Waals surface area contributed by atoms with Gasteiger partial charge in [-0.05, 0) is 6.07 Å². The van der Waals surface area contributed by atoms with Gasteiger partial charge in [0.1, 0.15) is 18.3 Å². The summed E-state index contributed by atoms with van der Waals surface area (Å²) in [5, 5.41) is 25.8. The Labute approximate surface area is 201 Å². The van der Waals surface area contributed by atoms with Gasteiger partial charge in [0.05, 0.1) is 24.4 Å². The van der Waals surface area contributed by atoms with Crippen LogP contribution in [-0.2, 0) is 36.3 Å². The van der Waals surface area contributed by atoms with E-state index >= 15 is 0 Å². The lowest BCUT2D eigenvalue weighted by Crippen LogP contribution is -2.43. The van der Waals surface area contributed by atoms with Crippen LogP contribution in [0.3, 0.4) is 0 Å². The van der Waals surface area contributed by atoms with Crippen molar-refractivity contribution >= 4 is 26.5 Å². The van der Waals surface area contributed by atoms with E-state index in [1.165, 1.54) is 0 Å². The highest BCUT2D eigenvalue weighted by molar-refractivity contribution is 7.60. The molecule has 36 heavy (non-hydrogen) atoms. The summed E-state index contributed by atoms with van der Waals surface area (Å²) in [7, 11) is -8.91. The maximum Gasteiger partial charge on any atom is 0.481 e. The van der Waals surface area contributed by atoms with Gasteiger partial charge in [-0.2, -0.15) is 9.41 Å². The third-order valence-electron chi connectivity index (χ3n) is 5.46. The highest BCUT2D eigenvalue weighted by Gasteiger charge is 2.46. The van der Waals surface area contributed by atoms with Gasteiger partial charge in [-0.15, -0.1) is 0 Å². The summed E-state index contributed by atoms with van der Waals surface area (Å²) in [6.45, 7) is -1.14. The van der Waals surface area contributed by atoms with E-state index in [0.29, 0.717) is 5.69 Å². The van der Waals surface area contributed by atoms with Crippen molar-refractivity contribution in [3.63, 3.8) is 0 Å². The fourth-order valence-corrected chi connectivity index (χ4v) is 5.45. The molecule has 3 heterocycles. The second kappa shape index (κ2) is 9.76. The number of aliphatic hydroxyl groups is 2. The number of aromatic nitrogens is 4. The number of fused-ring (bicyclic) bond motifs is 1. The second-order valence-corrected chi connectivity index (χ2v) is 10.7. The molecule has 0 bridgehead atoms. The van der Waals surface area contributed by atoms with Crippen molar-refractivity contribution in [1.82, 2.24) is 18.9 Å². The van der Waals surface area contributed by atoms with Crippen molar-refractivity contribution < 1.29 is 47.6 Å². The molecular formula is C18H22N4O12P2. The molecule has 0 aliphatic carbocycles. The molecule has 1 aromatic carbocycles. The first-order chi connectivity index (χ1) is 16.8. The summed E-state index contributed by atoms with van der Waals surface area (Å²) < 4.78 is 39.2. The van der Waals surface area contributed by atoms with Gasteiger partial charge in [0.2, 0.25) is 0 Å². The maximum atomic E-state index is 13.2. The quantitative estimate of drug-likeness (QED) is 0.209. The minimum Gasteiger partial charge on any atom is -0.387 e. The lowest BCUT2D eigenvalue weighted by atomic mass is 10.1. The van der Waals surface area contributed by atoms with Crippen molar-refractivity contribution in [2.45, 2.75) is 31.1 Å². The molecule has 0 radical (unpaired) electrons. The van der Waals surface area contributed by atoms with E-state index in [2.05, 4.69) is 13.9 Å². The number of hydrogen-bond donors (Lipinski definition) is 5. The predicted molar refractivity (Wildman–Crippen MR) is 120 cm³/mol. The Bertz CT molecular complexity index is 1490. The third-order valence-corrected chi connectivity index (χ3v) is 7.61. The zero-order valence-electron chi connectivity index (χ0n) is 18.5. The lowest BCUT2D eigenvalue weighted by molar-refractivity contribution is -0.0547.